The largest absolute Gasteiger partial charge is 0.497 e. The predicted octanol–water partition coefficient (Wildman–Crippen LogP) is 5.47. The number of hydrogen-bond acceptors (Lipinski definition) is 5. The molecule has 0 spiro atoms. The molecule has 0 fully saturated rings. The van der Waals surface area contributed by atoms with E-state index in [1.807, 2.05) is 55.5 Å². The predicted molar refractivity (Wildman–Crippen MR) is 126 cm³/mol. The summed E-state index contributed by atoms with van der Waals surface area (Å²) in [7, 11) is 1.65. The Kier molecular flexibility index (Phi) is 6.25. The third-order valence-electron chi connectivity index (χ3n) is 5.23. The lowest BCUT2D eigenvalue weighted by molar-refractivity contribution is 0.396. The van der Waals surface area contributed by atoms with Crippen molar-refractivity contribution in [2.24, 2.45) is 0 Å². The van der Waals surface area contributed by atoms with Crippen LogP contribution in [0.15, 0.2) is 58.8 Å². The number of halogens is 1. The van der Waals surface area contributed by atoms with Crippen molar-refractivity contribution in [1.29, 1.82) is 0 Å². The summed E-state index contributed by atoms with van der Waals surface area (Å²) in [4.78, 5) is 6.77. The average Bonchev–Trinajstić information content (AvgIpc) is 3.26. The number of nitrogens with one attached hydrogen (secondary N) is 1. The summed E-state index contributed by atoms with van der Waals surface area (Å²) in [6.45, 7) is 4.96. The Morgan fingerprint density at radius 1 is 1.23 bits per heavy atom. The zero-order chi connectivity index (χ0) is 22.0. The molecule has 0 radical (unpaired) electrons. The number of hydrogen-bond donors (Lipinski definition) is 1. The van der Waals surface area contributed by atoms with E-state index in [2.05, 4.69) is 22.3 Å². The van der Waals surface area contributed by atoms with E-state index < -0.39 is 0 Å². The first-order chi connectivity index (χ1) is 15.0. The molecule has 0 bridgehead atoms. The Morgan fingerprint density at radius 3 is 2.68 bits per heavy atom. The quantitative estimate of drug-likeness (QED) is 0.495. The van der Waals surface area contributed by atoms with Gasteiger partial charge in [-0.1, -0.05) is 47.9 Å². The Bertz CT molecular complexity index is 1130. The van der Waals surface area contributed by atoms with Gasteiger partial charge in [0.25, 0.3) is 5.89 Å². The second-order valence-corrected chi connectivity index (χ2v) is 8.06. The fourth-order valence-electron chi connectivity index (χ4n) is 3.68. The number of nitrogens with zero attached hydrogens (tertiary/aromatic N) is 3. The molecule has 0 aliphatic carbocycles. The van der Waals surface area contributed by atoms with Crippen LogP contribution < -0.4 is 10.1 Å². The second-order valence-electron chi connectivity index (χ2n) is 7.24. The van der Waals surface area contributed by atoms with E-state index >= 15 is 0 Å². The second kappa shape index (κ2) is 9.08. The van der Waals surface area contributed by atoms with E-state index in [1.54, 1.807) is 7.11 Å². The van der Waals surface area contributed by atoms with Crippen molar-refractivity contribution >= 4 is 34.5 Å². The van der Waals surface area contributed by atoms with Crippen LogP contribution in [0.4, 0.5) is 0 Å². The fraction of sp³-hybridized carbons (Fsp3) is 0.261. The molecule has 8 heteroatoms. The van der Waals surface area contributed by atoms with Gasteiger partial charge in [0.1, 0.15) is 5.75 Å². The number of methoxy groups -OCH3 is 1. The van der Waals surface area contributed by atoms with Gasteiger partial charge in [-0.05, 0) is 55.4 Å². The fourth-order valence-corrected chi connectivity index (χ4v) is 4.21. The van der Waals surface area contributed by atoms with E-state index in [-0.39, 0.29) is 6.04 Å². The monoisotopic (exact) mass is 454 g/mol. The van der Waals surface area contributed by atoms with Gasteiger partial charge in [0.2, 0.25) is 5.82 Å². The summed E-state index contributed by atoms with van der Waals surface area (Å²) in [6, 6.07) is 15.0. The van der Waals surface area contributed by atoms with Crippen molar-refractivity contribution in [1.82, 2.24) is 20.4 Å². The molecule has 0 amide bonds. The first-order valence-corrected chi connectivity index (χ1v) is 10.8. The normalized spacial score (nSPS) is 16.5. The van der Waals surface area contributed by atoms with Crippen molar-refractivity contribution < 1.29 is 9.26 Å². The maximum Gasteiger partial charge on any atom is 0.258 e. The number of ether oxygens (including phenoxy) is 1. The number of allylic oxidation sites excluding steroid dienone is 1. The maximum atomic E-state index is 6.13. The molecule has 1 aliphatic heterocycles. The highest BCUT2D eigenvalue weighted by molar-refractivity contribution is 7.80. The molecule has 160 valence electrons. The van der Waals surface area contributed by atoms with Crippen LogP contribution >= 0.6 is 23.8 Å². The van der Waals surface area contributed by atoms with E-state index in [4.69, 9.17) is 38.1 Å². The van der Waals surface area contributed by atoms with Crippen molar-refractivity contribution in [2.75, 3.05) is 13.7 Å². The van der Waals surface area contributed by atoms with E-state index in [9.17, 15) is 0 Å². The molecule has 4 rings (SSSR count). The number of thiocarbonyl (C=S) groups is 1. The van der Waals surface area contributed by atoms with Gasteiger partial charge in [0, 0.05) is 22.8 Å². The van der Waals surface area contributed by atoms with E-state index in [0.717, 1.165) is 41.1 Å². The van der Waals surface area contributed by atoms with Crippen molar-refractivity contribution in [3.8, 4) is 17.1 Å². The Hall–Kier alpha value is -2.90. The van der Waals surface area contributed by atoms with Gasteiger partial charge in [-0.15, -0.1) is 0 Å². The van der Waals surface area contributed by atoms with Crippen LogP contribution in [0, 0.1) is 0 Å². The highest BCUT2D eigenvalue weighted by atomic mass is 35.5. The first-order valence-electron chi connectivity index (χ1n) is 10.0. The summed E-state index contributed by atoms with van der Waals surface area (Å²) < 4.78 is 11.0. The summed E-state index contributed by atoms with van der Waals surface area (Å²) in [5, 5.41) is 8.96. The molecule has 3 aromatic rings. The average molecular weight is 455 g/mol. The molecule has 31 heavy (non-hydrogen) atoms. The first kappa shape index (κ1) is 21.3. The lowest BCUT2D eigenvalue weighted by Gasteiger charge is -2.37. The van der Waals surface area contributed by atoms with E-state index in [1.165, 1.54) is 0 Å². The van der Waals surface area contributed by atoms with Crippen molar-refractivity contribution in [3.63, 3.8) is 0 Å². The van der Waals surface area contributed by atoms with Crippen molar-refractivity contribution in [3.05, 3.63) is 70.7 Å². The topological polar surface area (TPSA) is 63.4 Å². The van der Waals surface area contributed by atoms with Crippen LogP contribution in [0.25, 0.3) is 17.0 Å². The van der Waals surface area contributed by atoms with E-state index in [0.29, 0.717) is 21.9 Å². The van der Waals surface area contributed by atoms with Crippen LogP contribution in [0.5, 0.6) is 5.75 Å². The number of benzene rings is 2. The van der Waals surface area contributed by atoms with Gasteiger partial charge in [0.15, 0.2) is 5.11 Å². The lowest BCUT2D eigenvalue weighted by Crippen LogP contribution is -2.46. The summed E-state index contributed by atoms with van der Waals surface area (Å²) in [6.07, 6.45) is 0.956. The third-order valence-corrected chi connectivity index (χ3v) is 5.81. The number of rotatable bonds is 6. The molecule has 1 unspecified atom stereocenters. The summed E-state index contributed by atoms with van der Waals surface area (Å²) >= 11 is 11.8. The lowest BCUT2D eigenvalue weighted by atomic mass is 9.94. The van der Waals surface area contributed by atoms with Crippen LogP contribution in [-0.2, 0) is 0 Å². The summed E-state index contributed by atoms with van der Waals surface area (Å²) in [5.41, 5.74) is 3.71. The highest BCUT2D eigenvalue weighted by Crippen LogP contribution is 2.38. The molecule has 2 heterocycles. The van der Waals surface area contributed by atoms with Crippen molar-refractivity contribution in [2.45, 2.75) is 26.3 Å². The molecule has 1 aliphatic rings. The molecule has 0 saturated heterocycles. The molecule has 1 aromatic heterocycles. The van der Waals surface area contributed by atoms with Gasteiger partial charge >= 0.3 is 0 Å². The molecular weight excluding hydrogens is 432 g/mol. The SMILES string of the molecule is CCCN1C(=S)NC(c2ccc(OC)cc2)C(c2nc(-c3cccc(Cl)c3)no2)=C1C. The minimum Gasteiger partial charge on any atom is -0.497 e. The molecule has 1 atom stereocenters. The smallest absolute Gasteiger partial charge is 0.258 e. The molecular formula is C23H23ClN4O2S. The minimum absolute atomic E-state index is 0.223. The Balaban J connectivity index is 1.80. The third kappa shape index (κ3) is 4.29. The minimum atomic E-state index is -0.223. The molecule has 1 N–H and O–H groups in total. The maximum absolute atomic E-state index is 6.13. The molecule has 6 nitrogen and oxygen atoms in total. The zero-order valence-electron chi connectivity index (χ0n) is 17.6. The molecule has 0 saturated carbocycles. The highest BCUT2D eigenvalue weighted by Gasteiger charge is 2.33. The van der Waals surface area contributed by atoms with Gasteiger partial charge in [-0.2, -0.15) is 4.98 Å². The van der Waals surface area contributed by atoms with Crippen LogP contribution in [0.1, 0.15) is 37.8 Å². The Labute approximate surface area is 191 Å². The summed E-state index contributed by atoms with van der Waals surface area (Å²) in [5.74, 6) is 1.73. The zero-order valence-corrected chi connectivity index (χ0v) is 19.1. The van der Waals surface area contributed by atoms with Gasteiger partial charge < -0.3 is 19.5 Å². The van der Waals surface area contributed by atoms with Crippen LogP contribution in [0.3, 0.4) is 0 Å². The standard InChI is InChI=1S/C23H23ClN4O2S/c1-4-12-28-14(2)19(20(25-23(28)31)15-8-10-18(29-3)11-9-15)22-26-21(27-30-22)16-6-5-7-17(24)13-16/h5-11,13,20H,4,12H2,1-3H3,(H,25,31). The Morgan fingerprint density at radius 2 is 2.00 bits per heavy atom. The van der Waals surface area contributed by atoms with Gasteiger partial charge in [-0.25, -0.2) is 0 Å². The van der Waals surface area contributed by atoms with Gasteiger partial charge in [0.05, 0.1) is 18.7 Å². The van der Waals surface area contributed by atoms with Gasteiger partial charge in [-0.3, -0.25) is 0 Å². The van der Waals surface area contributed by atoms with Crippen LogP contribution in [0.2, 0.25) is 5.02 Å². The number of aromatic nitrogens is 2. The van der Waals surface area contributed by atoms with Crippen LogP contribution in [-0.4, -0.2) is 33.8 Å². The molecule has 2 aromatic carbocycles.